The van der Waals surface area contributed by atoms with Gasteiger partial charge >= 0.3 is 29.8 Å². The van der Waals surface area contributed by atoms with Gasteiger partial charge < -0.3 is 36.4 Å². The Morgan fingerprint density at radius 3 is 1.92 bits per heavy atom. The minimum atomic E-state index is -1.59. The van der Waals surface area contributed by atoms with Crippen molar-refractivity contribution in [2.75, 3.05) is 34.8 Å². The average Bonchev–Trinajstić information content (AvgIpc) is 3.81. The molecule has 7 N–H and O–H groups in total. The number of nitrogens with two attached hydrogens (primary N) is 1. The number of nitrogens with one attached hydrogen (secondary N) is 4. The molecular formula is C42H62N12O7. The van der Waals surface area contributed by atoms with Crippen LogP contribution in [0.2, 0.25) is 0 Å². The number of aryl methyl sites for hydroxylation is 4. The van der Waals surface area contributed by atoms with Crippen LogP contribution < -0.4 is 27.0 Å². The highest BCUT2D eigenvalue weighted by molar-refractivity contribution is 6.39. The number of anilines is 4. The van der Waals surface area contributed by atoms with Crippen LogP contribution in [0.4, 0.5) is 27.8 Å². The number of carboxylic acid groups (broad SMARTS) is 1. The fraction of sp³-hybridized carbons (Fsp3) is 0.500. The van der Waals surface area contributed by atoms with Crippen molar-refractivity contribution >= 4 is 52.8 Å². The second-order valence-corrected chi connectivity index (χ2v) is 16.2. The molecule has 2 aliphatic heterocycles. The molecular weight excluding hydrogens is 785 g/mol. The SMILES string of the molecule is C.CC1CCC(c2ccnn2C)NC1.Cc1cc(NC(=O)C(=O)N2C[C@@H](C)CC[C@H]2c2ccnn2C)cnc1N.Cc1cc(NC(=O)C(=O)O)cnc1NC(=O)OC(C)(C)C. The zero-order chi connectivity index (χ0) is 44.3. The van der Waals surface area contributed by atoms with Gasteiger partial charge in [-0.05, 0) is 114 Å². The van der Waals surface area contributed by atoms with Crippen molar-refractivity contribution in [1.29, 1.82) is 0 Å². The first-order valence-electron chi connectivity index (χ1n) is 19.8. The lowest BCUT2D eigenvalue weighted by molar-refractivity contribution is -0.147. The molecule has 4 amide bonds. The molecule has 2 aliphatic rings. The van der Waals surface area contributed by atoms with Crippen LogP contribution in [0.3, 0.4) is 0 Å². The van der Waals surface area contributed by atoms with Gasteiger partial charge in [0.05, 0.1) is 41.2 Å². The molecule has 2 saturated heterocycles. The van der Waals surface area contributed by atoms with Crippen molar-refractivity contribution in [3.63, 3.8) is 0 Å². The molecule has 0 aromatic carbocycles. The summed E-state index contributed by atoms with van der Waals surface area (Å²) in [6.45, 7) is 14.7. The van der Waals surface area contributed by atoms with Gasteiger partial charge in [-0.1, -0.05) is 21.3 Å². The number of aliphatic carboxylic acids is 1. The van der Waals surface area contributed by atoms with E-state index in [2.05, 4.69) is 61.3 Å². The smallest absolute Gasteiger partial charge is 0.413 e. The molecule has 19 nitrogen and oxygen atoms in total. The Balaban J connectivity index is 0.000000255. The zero-order valence-corrected chi connectivity index (χ0v) is 35.8. The highest BCUT2D eigenvalue weighted by atomic mass is 16.6. The van der Waals surface area contributed by atoms with Gasteiger partial charge in [0.25, 0.3) is 0 Å². The van der Waals surface area contributed by atoms with Gasteiger partial charge in [-0.3, -0.25) is 29.1 Å². The van der Waals surface area contributed by atoms with Crippen LogP contribution in [0.1, 0.15) is 102 Å². The van der Waals surface area contributed by atoms with E-state index in [1.807, 2.05) is 31.0 Å². The first-order valence-corrected chi connectivity index (χ1v) is 19.8. The Hall–Kier alpha value is -6.37. The molecule has 6 rings (SSSR count). The van der Waals surface area contributed by atoms with Crippen molar-refractivity contribution < 1.29 is 33.8 Å². The van der Waals surface area contributed by atoms with Crippen LogP contribution in [-0.2, 0) is 38.0 Å². The number of likely N-dealkylation sites (tertiary alicyclic amines) is 1. The molecule has 0 aliphatic carbocycles. The third kappa shape index (κ3) is 14.4. The maximum atomic E-state index is 12.9. The third-order valence-corrected chi connectivity index (χ3v) is 9.88. The number of ether oxygens (including phenoxy) is 1. The summed E-state index contributed by atoms with van der Waals surface area (Å²) in [6.07, 6.45) is 9.98. The number of carboxylic acids is 1. The lowest BCUT2D eigenvalue weighted by Crippen LogP contribution is -2.47. The number of nitrogens with zero attached hydrogens (tertiary/aromatic N) is 7. The Bertz CT molecular complexity index is 2140. The topological polar surface area (TPSA) is 254 Å². The molecule has 0 spiro atoms. The summed E-state index contributed by atoms with van der Waals surface area (Å²) in [5.74, 6) is -2.14. The lowest BCUT2D eigenvalue weighted by atomic mass is 9.92. The number of hydrogen-bond donors (Lipinski definition) is 6. The molecule has 0 saturated carbocycles. The Kier molecular flexibility index (Phi) is 17.5. The molecule has 0 radical (unpaired) electrons. The van der Waals surface area contributed by atoms with Crippen LogP contribution in [-0.4, -0.2) is 88.0 Å². The Morgan fingerprint density at radius 1 is 0.820 bits per heavy atom. The van der Waals surface area contributed by atoms with E-state index in [1.165, 1.54) is 37.0 Å². The summed E-state index contributed by atoms with van der Waals surface area (Å²) < 4.78 is 8.81. The number of pyridine rings is 2. The molecule has 0 bridgehead atoms. The van der Waals surface area contributed by atoms with Gasteiger partial charge in [0, 0.05) is 39.1 Å². The van der Waals surface area contributed by atoms with Crippen molar-refractivity contribution in [1.82, 2.24) is 39.7 Å². The van der Waals surface area contributed by atoms with Gasteiger partial charge in [-0.15, -0.1) is 0 Å². The van der Waals surface area contributed by atoms with Crippen LogP contribution >= 0.6 is 0 Å². The minimum absolute atomic E-state index is 0. The van der Waals surface area contributed by atoms with Crippen LogP contribution in [0.25, 0.3) is 0 Å². The zero-order valence-electron chi connectivity index (χ0n) is 35.8. The van der Waals surface area contributed by atoms with Crippen molar-refractivity contribution in [2.24, 2.45) is 25.9 Å². The molecule has 61 heavy (non-hydrogen) atoms. The largest absolute Gasteiger partial charge is 0.474 e. The Labute approximate surface area is 357 Å². The number of hydrogen-bond acceptors (Lipinski definition) is 12. The number of carbonyl (C=O) groups excluding carboxylic acids is 4. The Morgan fingerprint density at radius 2 is 1.39 bits per heavy atom. The first kappa shape index (κ1) is 49.0. The normalized spacial score (nSPS) is 18.4. The maximum absolute atomic E-state index is 12.9. The van der Waals surface area contributed by atoms with E-state index in [-0.39, 0.29) is 25.0 Å². The minimum Gasteiger partial charge on any atom is -0.474 e. The lowest BCUT2D eigenvalue weighted by Gasteiger charge is -2.38. The van der Waals surface area contributed by atoms with Crippen molar-refractivity contribution in [3.8, 4) is 0 Å². The second kappa shape index (κ2) is 21.8. The third-order valence-electron chi connectivity index (χ3n) is 9.88. The van der Waals surface area contributed by atoms with Gasteiger partial charge in [-0.25, -0.2) is 19.6 Å². The molecule has 2 unspecified atom stereocenters. The van der Waals surface area contributed by atoms with Crippen LogP contribution in [0.15, 0.2) is 49.1 Å². The van der Waals surface area contributed by atoms with Crippen LogP contribution in [0, 0.1) is 25.7 Å². The van der Waals surface area contributed by atoms with Crippen molar-refractivity contribution in [3.05, 3.63) is 71.6 Å². The predicted molar refractivity (Wildman–Crippen MR) is 232 cm³/mol. The van der Waals surface area contributed by atoms with E-state index in [1.54, 1.807) is 56.5 Å². The highest BCUT2D eigenvalue weighted by Gasteiger charge is 2.35. The fourth-order valence-electron chi connectivity index (χ4n) is 6.70. The quantitative estimate of drug-likeness (QED) is 0.136. The maximum Gasteiger partial charge on any atom is 0.413 e. The summed E-state index contributed by atoms with van der Waals surface area (Å²) in [7, 11) is 3.86. The van der Waals surface area contributed by atoms with E-state index in [0.29, 0.717) is 35.6 Å². The monoisotopic (exact) mass is 846 g/mol. The average molecular weight is 847 g/mol. The summed E-state index contributed by atoms with van der Waals surface area (Å²) in [4.78, 5) is 68.0. The standard InChI is InChI=1S/C18H24N6O2.C13H17N3O5.C10H17N3.CH4/c1-11-4-5-15(14-6-7-21-23(14)3)24(10-11)18(26)17(25)22-13-8-12(2)16(19)20-9-13;1-7-5-8(15-10(17)11(18)19)6-14-9(7)16-12(20)21-13(2,3)4;1-8-3-4-9(11-7-8)10-5-6-12-13(10)2;/h6-9,11,15H,4-5,10H2,1-3H3,(H2,19,20)(H,22,25);5-6H,1-4H3,(H,15,17)(H,18,19)(H,14,16,20);5-6,8-9,11H,3-4,7H2,1-2H3;1H4/t11-,15-;;;/m0.../s1. The summed E-state index contributed by atoms with van der Waals surface area (Å²) in [5.41, 5.74) is 9.27. The van der Waals surface area contributed by atoms with Crippen molar-refractivity contribution in [2.45, 2.75) is 99.3 Å². The second-order valence-electron chi connectivity index (χ2n) is 16.2. The molecule has 4 atom stereocenters. The van der Waals surface area contributed by atoms with E-state index in [4.69, 9.17) is 15.6 Å². The van der Waals surface area contributed by atoms with Gasteiger partial charge in [0.15, 0.2) is 0 Å². The number of piperidine rings is 2. The van der Waals surface area contributed by atoms with Crippen LogP contribution in [0.5, 0.6) is 0 Å². The summed E-state index contributed by atoms with van der Waals surface area (Å²) in [6, 6.07) is 7.55. The summed E-state index contributed by atoms with van der Waals surface area (Å²) in [5, 5.41) is 27.7. The molecule has 6 heterocycles. The molecule has 19 heteroatoms. The van der Waals surface area contributed by atoms with Gasteiger partial charge in [0.1, 0.15) is 17.2 Å². The van der Waals surface area contributed by atoms with E-state index in [9.17, 15) is 24.0 Å². The molecule has 2 fully saturated rings. The van der Waals surface area contributed by atoms with E-state index < -0.39 is 35.4 Å². The number of aromatic nitrogens is 6. The van der Waals surface area contributed by atoms with E-state index >= 15 is 0 Å². The number of amides is 4. The first-order chi connectivity index (χ1) is 28.2. The molecule has 4 aromatic heterocycles. The number of rotatable bonds is 5. The number of carbonyl (C=O) groups is 5. The molecule has 4 aromatic rings. The molecule has 332 valence electrons. The van der Waals surface area contributed by atoms with Gasteiger partial charge in [0.2, 0.25) is 0 Å². The van der Waals surface area contributed by atoms with E-state index in [0.717, 1.165) is 36.6 Å². The highest BCUT2D eigenvalue weighted by Crippen LogP contribution is 2.33. The predicted octanol–water partition coefficient (Wildman–Crippen LogP) is 5.52. The summed E-state index contributed by atoms with van der Waals surface area (Å²) >= 11 is 0. The number of nitrogen functional groups attached to an aromatic ring is 1. The fourth-order valence-corrected chi connectivity index (χ4v) is 6.70. The van der Waals surface area contributed by atoms with Gasteiger partial charge in [-0.2, -0.15) is 10.2 Å².